The summed E-state index contributed by atoms with van der Waals surface area (Å²) < 4.78 is 5.03. The lowest BCUT2D eigenvalue weighted by molar-refractivity contribution is -0.119. The van der Waals surface area contributed by atoms with Crippen LogP contribution in [0.4, 0.5) is 0 Å². The summed E-state index contributed by atoms with van der Waals surface area (Å²) in [5.74, 6) is 0.378. The van der Waals surface area contributed by atoms with Crippen molar-refractivity contribution in [3.63, 3.8) is 0 Å². The number of carbonyl (C=O) groups excluding carboxylic acids is 1. The van der Waals surface area contributed by atoms with Gasteiger partial charge in [0, 0.05) is 17.7 Å². The quantitative estimate of drug-likeness (QED) is 0.799. The first kappa shape index (κ1) is 14.3. The molecule has 1 unspecified atom stereocenters. The molecule has 1 atom stereocenters. The van der Waals surface area contributed by atoms with Gasteiger partial charge in [0.25, 0.3) is 0 Å². The van der Waals surface area contributed by atoms with Gasteiger partial charge in [-0.1, -0.05) is 13.0 Å². The van der Waals surface area contributed by atoms with E-state index >= 15 is 0 Å². The summed E-state index contributed by atoms with van der Waals surface area (Å²) in [5, 5.41) is 9.95. The first-order valence-electron chi connectivity index (χ1n) is 5.88. The van der Waals surface area contributed by atoms with Crippen molar-refractivity contribution < 1.29 is 14.6 Å². The van der Waals surface area contributed by atoms with Gasteiger partial charge in [-0.3, -0.25) is 9.69 Å². The number of benzene rings is 1. The van der Waals surface area contributed by atoms with Gasteiger partial charge in [-0.15, -0.1) is 0 Å². The highest BCUT2D eigenvalue weighted by Crippen LogP contribution is 2.31. The number of phenols is 1. The fourth-order valence-corrected chi connectivity index (χ4v) is 1.92. The van der Waals surface area contributed by atoms with E-state index in [1.54, 1.807) is 25.3 Å². The van der Waals surface area contributed by atoms with E-state index in [-0.39, 0.29) is 24.2 Å². The number of primary amides is 1. The number of carbonyl (C=O) groups is 1. The molecule has 0 radical (unpaired) electrons. The Balaban J connectivity index is 2.94. The van der Waals surface area contributed by atoms with Gasteiger partial charge in [-0.05, 0) is 19.5 Å². The van der Waals surface area contributed by atoms with Crippen molar-refractivity contribution in [1.29, 1.82) is 0 Å². The molecule has 1 aromatic carbocycles. The summed E-state index contributed by atoms with van der Waals surface area (Å²) in [5.41, 5.74) is 5.95. The summed E-state index contributed by atoms with van der Waals surface area (Å²) in [6, 6.07) is 5.05. The highest BCUT2D eigenvalue weighted by Gasteiger charge is 2.19. The van der Waals surface area contributed by atoms with E-state index in [1.165, 1.54) is 0 Å². The van der Waals surface area contributed by atoms with Crippen molar-refractivity contribution in [2.24, 2.45) is 5.73 Å². The highest BCUT2D eigenvalue weighted by molar-refractivity contribution is 5.76. The number of phenolic OH excluding ortho intramolecular Hbond substituents is 1. The Morgan fingerprint density at radius 3 is 2.67 bits per heavy atom. The predicted octanol–water partition coefficient (Wildman–Crippen LogP) is 1.27. The standard InChI is InChI=1S/C13H20N2O3/c1-4-15(8-13(14)17)9(2)11-6-5-10(18-3)7-12(11)16/h5-7,9,16H,4,8H2,1-3H3,(H2,14,17). The molecule has 0 saturated heterocycles. The zero-order valence-corrected chi connectivity index (χ0v) is 11.0. The zero-order valence-electron chi connectivity index (χ0n) is 11.0. The Morgan fingerprint density at radius 1 is 1.56 bits per heavy atom. The minimum atomic E-state index is -0.378. The Labute approximate surface area is 107 Å². The largest absolute Gasteiger partial charge is 0.507 e. The smallest absolute Gasteiger partial charge is 0.231 e. The van der Waals surface area contributed by atoms with Gasteiger partial charge < -0.3 is 15.6 Å². The molecule has 1 amide bonds. The van der Waals surface area contributed by atoms with Crippen LogP contribution in [0.25, 0.3) is 0 Å². The van der Waals surface area contributed by atoms with Crippen molar-refractivity contribution in [2.75, 3.05) is 20.2 Å². The van der Waals surface area contributed by atoms with Gasteiger partial charge >= 0.3 is 0 Å². The number of amides is 1. The maximum Gasteiger partial charge on any atom is 0.231 e. The van der Waals surface area contributed by atoms with Crippen molar-refractivity contribution >= 4 is 5.91 Å². The molecule has 0 bridgehead atoms. The Hall–Kier alpha value is -1.75. The fourth-order valence-electron chi connectivity index (χ4n) is 1.92. The van der Waals surface area contributed by atoms with Crippen LogP contribution in [0.1, 0.15) is 25.5 Å². The molecule has 3 N–H and O–H groups in total. The van der Waals surface area contributed by atoms with Gasteiger partial charge in [-0.25, -0.2) is 0 Å². The molecule has 0 aliphatic carbocycles. The van der Waals surface area contributed by atoms with E-state index in [0.717, 1.165) is 5.56 Å². The monoisotopic (exact) mass is 252 g/mol. The van der Waals surface area contributed by atoms with Crippen LogP contribution < -0.4 is 10.5 Å². The third kappa shape index (κ3) is 3.37. The summed E-state index contributed by atoms with van der Waals surface area (Å²) in [4.78, 5) is 12.9. The lowest BCUT2D eigenvalue weighted by Crippen LogP contribution is -2.35. The lowest BCUT2D eigenvalue weighted by atomic mass is 10.1. The summed E-state index contributed by atoms with van der Waals surface area (Å²) in [6.45, 7) is 4.71. The molecule has 0 heterocycles. The zero-order chi connectivity index (χ0) is 13.7. The second kappa shape index (κ2) is 6.26. The molecule has 100 valence electrons. The molecule has 5 heteroatoms. The van der Waals surface area contributed by atoms with Gasteiger partial charge in [-0.2, -0.15) is 0 Å². The maximum absolute atomic E-state index is 11.0. The molecule has 0 aliphatic heterocycles. The van der Waals surface area contributed by atoms with Gasteiger partial charge in [0.2, 0.25) is 5.91 Å². The maximum atomic E-state index is 11.0. The SMILES string of the molecule is CCN(CC(N)=O)C(C)c1ccc(OC)cc1O. The number of rotatable bonds is 6. The number of nitrogens with zero attached hydrogens (tertiary/aromatic N) is 1. The Kier molecular flexibility index (Phi) is 4.97. The first-order chi connectivity index (χ1) is 8.49. The van der Waals surface area contributed by atoms with Crippen LogP contribution in [-0.4, -0.2) is 36.1 Å². The Morgan fingerprint density at radius 2 is 2.22 bits per heavy atom. The average Bonchev–Trinajstić information content (AvgIpc) is 2.34. The lowest BCUT2D eigenvalue weighted by Gasteiger charge is -2.27. The molecule has 0 fully saturated rings. The minimum Gasteiger partial charge on any atom is -0.507 e. The molecular formula is C13H20N2O3. The number of hydrogen-bond donors (Lipinski definition) is 2. The van der Waals surface area contributed by atoms with E-state index < -0.39 is 0 Å². The summed E-state index contributed by atoms with van der Waals surface area (Å²) in [6.07, 6.45) is 0. The van der Waals surface area contributed by atoms with Crippen LogP contribution >= 0.6 is 0 Å². The molecule has 1 aromatic rings. The van der Waals surface area contributed by atoms with Crippen LogP contribution in [-0.2, 0) is 4.79 Å². The molecule has 0 spiro atoms. The first-order valence-corrected chi connectivity index (χ1v) is 5.88. The van der Waals surface area contributed by atoms with E-state index in [2.05, 4.69) is 0 Å². The number of ether oxygens (including phenoxy) is 1. The van der Waals surface area contributed by atoms with Gasteiger partial charge in [0.1, 0.15) is 11.5 Å². The minimum absolute atomic E-state index is 0.0894. The topological polar surface area (TPSA) is 75.8 Å². The molecule has 0 aliphatic rings. The number of likely N-dealkylation sites (N-methyl/N-ethyl adjacent to an activating group) is 1. The average molecular weight is 252 g/mol. The number of nitrogens with two attached hydrogens (primary N) is 1. The fraction of sp³-hybridized carbons (Fsp3) is 0.462. The molecule has 1 rings (SSSR count). The van der Waals surface area contributed by atoms with Crippen molar-refractivity contribution in [3.05, 3.63) is 23.8 Å². The van der Waals surface area contributed by atoms with Crippen LogP contribution in [0.5, 0.6) is 11.5 Å². The molecule has 18 heavy (non-hydrogen) atoms. The predicted molar refractivity (Wildman–Crippen MR) is 69.5 cm³/mol. The molecule has 0 saturated carbocycles. The number of methoxy groups -OCH3 is 1. The van der Waals surface area contributed by atoms with Crippen LogP contribution in [0, 0.1) is 0 Å². The van der Waals surface area contributed by atoms with Crippen molar-refractivity contribution in [3.8, 4) is 11.5 Å². The number of hydrogen-bond acceptors (Lipinski definition) is 4. The van der Waals surface area contributed by atoms with Crippen molar-refractivity contribution in [1.82, 2.24) is 4.90 Å². The third-order valence-electron chi connectivity index (χ3n) is 3.00. The van der Waals surface area contributed by atoms with Crippen LogP contribution in [0.2, 0.25) is 0 Å². The number of aromatic hydroxyl groups is 1. The van der Waals surface area contributed by atoms with Crippen LogP contribution in [0.3, 0.4) is 0 Å². The molecule has 0 aromatic heterocycles. The highest BCUT2D eigenvalue weighted by atomic mass is 16.5. The third-order valence-corrected chi connectivity index (χ3v) is 3.00. The summed E-state index contributed by atoms with van der Waals surface area (Å²) in [7, 11) is 1.54. The molecular weight excluding hydrogens is 232 g/mol. The van der Waals surface area contributed by atoms with E-state index in [4.69, 9.17) is 10.5 Å². The second-order valence-corrected chi connectivity index (χ2v) is 4.13. The van der Waals surface area contributed by atoms with E-state index in [9.17, 15) is 9.90 Å². The normalized spacial score (nSPS) is 12.4. The van der Waals surface area contributed by atoms with Crippen LogP contribution in [0.15, 0.2) is 18.2 Å². The van der Waals surface area contributed by atoms with Gasteiger partial charge in [0.05, 0.1) is 13.7 Å². The van der Waals surface area contributed by atoms with E-state index in [1.807, 2.05) is 18.7 Å². The van der Waals surface area contributed by atoms with Gasteiger partial charge in [0.15, 0.2) is 0 Å². The Bertz CT molecular complexity index is 421. The second-order valence-electron chi connectivity index (χ2n) is 4.13. The molecule has 5 nitrogen and oxygen atoms in total. The van der Waals surface area contributed by atoms with E-state index in [0.29, 0.717) is 12.3 Å². The van der Waals surface area contributed by atoms with Crippen molar-refractivity contribution in [2.45, 2.75) is 19.9 Å². The summed E-state index contributed by atoms with van der Waals surface area (Å²) >= 11 is 0.